The number of hydrogen-bond donors (Lipinski definition) is 1. The molecular formula is C10H10N2S2. The van der Waals surface area contributed by atoms with Crippen LogP contribution in [0.5, 0.6) is 0 Å². The van der Waals surface area contributed by atoms with E-state index in [4.69, 9.17) is 5.73 Å². The highest BCUT2D eigenvalue weighted by Gasteiger charge is 1.98. The van der Waals surface area contributed by atoms with Crippen LogP contribution in [0.25, 0.3) is 0 Å². The van der Waals surface area contributed by atoms with Crippen LogP contribution >= 0.6 is 23.1 Å². The fourth-order valence-corrected chi connectivity index (χ4v) is 2.75. The molecule has 0 saturated heterocycles. The van der Waals surface area contributed by atoms with Crippen molar-refractivity contribution in [1.29, 1.82) is 0 Å². The highest BCUT2D eigenvalue weighted by molar-refractivity contribution is 8.00. The van der Waals surface area contributed by atoms with E-state index in [1.54, 1.807) is 35.4 Å². The predicted molar refractivity (Wildman–Crippen MR) is 62.5 cm³/mol. The van der Waals surface area contributed by atoms with Crippen molar-refractivity contribution in [3.8, 4) is 0 Å². The minimum atomic E-state index is 0.779. The zero-order valence-corrected chi connectivity index (χ0v) is 9.15. The number of nitrogens with zero attached hydrogens (tertiary/aromatic N) is 1. The van der Waals surface area contributed by atoms with Crippen LogP contribution in [-0.2, 0) is 5.75 Å². The lowest BCUT2D eigenvalue weighted by Gasteiger charge is -1.99. The highest BCUT2D eigenvalue weighted by atomic mass is 32.2. The van der Waals surface area contributed by atoms with Crippen molar-refractivity contribution in [2.24, 2.45) is 0 Å². The molecule has 0 saturated carbocycles. The predicted octanol–water partition coefficient (Wildman–Crippen LogP) is 3.02. The van der Waals surface area contributed by atoms with Crippen molar-refractivity contribution >= 4 is 28.8 Å². The van der Waals surface area contributed by atoms with Crippen LogP contribution in [0.4, 0.5) is 5.69 Å². The second kappa shape index (κ2) is 4.48. The van der Waals surface area contributed by atoms with E-state index in [9.17, 15) is 0 Å². The van der Waals surface area contributed by atoms with Gasteiger partial charge in [0.2, 0.25) is 0 Å². The van der Waals surface area contributed by atoms with Gasteiger partial charge >= 0.3 is 0 Å². The van der Waals surface area contributed by atoms with Crippen LogP contribution in [0.15, 0.2) is 40.1 Å². The Morgan fingerprint density at radius 3 is 3.07 bits per heavy atom. The van der Waals surface area contributed by atoms with Crippen LogP contribution in [0.1, 0.15) is 5.69 Å². The number of hydrogen-bond acceptors (Lipinski definition) is 4. The molecule has 0 unspecified atom stereocenters. The maximum absolute atomic E-state index is 5.66. The fraction of sp³-hybridized carbons (Fsp3) is 0.100. The summed E-state index contributed by atoms with van der Waals surface area (Å²) in [4.78, 5) is 4.24. The summed E-state index contributed by atoms with van der Waals surface area (Å²) in [5.41, 5.74) is 7.47. The van der Waals surface area contributed by atoms with Gasteiger partial charge in [-0.3, -0.25) is 4.98 Å². The van der Waals surface area contributed by atoms with Crippen LogP contribution in [-0.4, -0.2) is 4.98 Å². The van der Waals surface area contributed by atoms with Crippen molar-refractivity contribution < 1.29 is 0 Å². The Labute approximate surface area is 91.2 Å². The number of aromatic nitrogens is 1. The average Bonchev–Trinajstić information content (AvgIpc) is 2.67. The topological polar surface area (TPSA) is 38.9 Å². The fourth-order valence-electron chi connectivity index (χ4n) is 1.07. The van der Waals surface area contributed by atoms with Crippen LogP contribution < -0.4 is 5.73 Å². The first kappa shape index (κ1) is 9.55. The lowest BCUT2D eigenvalue weighted by Crippen LogP contribution is -1.90. The Bertz CT molecular complexity index is 398. The molecule has 72 valence electrons. The molecule has 0 aromatic carbocycles. The van der Waals surface area contributed by atoms with Gasteiger partial charge in [0.15, 0.2) is 0 Å². The second-order valence-corrected chi connectivity index (χ2v) is 5.02. The van der Waals surface area contributed by atoms with E-state index in [-0.39, 0.29) is 0 Å². The molecule has 4 heteroatoms. The number of thioether (sulfide) groups is 1. The van der Waals surface area contributed by atoms with Crippen molar-refractivity contribution in [3.63, 3.8) is 0 Å². The van der Waals surface area contributed by atoms with Crippen LogP contribution in [0.2, 0.25) is 0 Å². The minimum Gasteiger partial charge on any atom is -0.399 e. The zero-order chi connectivity index (χ0) is 9.80. The molecule has 0 aliphatic carbocycles. The average molecular weight is 222 g/mol. The number of nitrogen functional groups attached to an aromatic ring is 1. The standard InChI is InChI=1S/C10H10N2S2/c11-8-3-4-12-9(6-8)7-14-10-2-1-5-13-10/h1-6H,7H2,(H2,11,12). The van der Waals surface area contributed by atoms with Crippen molar-refractivity contribution in [2.75, 3.05) is 5.73 Å². The van der Waals surface area contributed by atoms with Crippen molar-refractivity contribution in [2.45, 2.75) is 9.96 Å². The van der Waals surface area contributed by atoms with Crippen molar-refractivity contribution in [3.05, 3.63) is 41.5 Å². The van der Waals surface area contributed by atoms with Crippen LogP contribution in [0.3, 0.4) is 0 Å². The number of thiophene rings is 1. The van der Waals surface area contributed by atoms with Gasteiger partial charge in [-0.05, 0) is 23.6 Å². The Kier molecular flexibility index (Phi) is 3.06. The van der Waals surface area contributed by atoms with Gasteiger partial charge in [-0.1, -0.05) is 6.07 Å². The van der Waals surface area contributed by atoms with E-state index in [2.05, 4.69) is 22.5 Å². The smallest absolute Gasteiger partial charge is 0.0602 e. The largest absolute Gasteiger partial charge is 0.399 e. The van der Waals surface area contributed by atoms with E-state index in [0.29, 0.717) is 0 Å². The SMILES string of the molecule is Nc1ccnc(CSc2cccs2)c1. The third kappa shape index (κ3) is 2.49. The molecule has 0 aliphatic heterocycles. The first-order valence-electron chi connectivity index (χ1n) is 4.21. The first-order chi connectivity index (χ1) is 6.84. The monoisotopic (exact) mass is 222 g/mol. The van der Waals surface area contributed by atoms with E-state index in [0.717, 1.165) is 17.1 Å². The first-order valence-corrected chi connectivity index (χ1v) is 6.08. The summed E-state index contributed by atoms with van der Waals surface area (Å²) < 4.78 is 1.31. The summed E-state index contributed by atoms with van der Waals surface area (Å²) in [6.45, 7) is 0. The Morgan fingerprint density at radius 1 is 1.43 bits per heavy atom. The third-order valence-corrected chi connectivity index (χ3v) is 3.86. The van der Waals surface area contributed by atoms with Gasteiger partial charge in [0.1, 0.15) is 0 Å². The van der Waals surface area contributed by atoms with E-state index >= 15 is 0 Å². The summed E-state index contributed by atoms with van der Waals surface area (Å²) >= 11 is 3.54. The Hall–Kier alpha value is -1.00. The van der Waals surface area contributed by atoms with E-state index < -0.39 is 0 Å². The maximum atomic E-state index is 5.66. The number of pyridine rings is 1. The van der Waals surface area contributed by atoms with E-state index in [1.807, 2.05) is 6.07 Å². The summed E-state index contributed by atoms with van der Waals surface area (Å²) in [7, 11) is 0. The molecule has 2 N–H and O–H groups in total. The van der Waals surface area contributed by atoms with Crippen LogP contribution in [0, 0.1) is 0 Å². The van der Waals surface area contributed by atoms with Gasteiger partial charge in [0.25, 0.3) is 0 Å². The Balaban J connectivity index is 1.98. The number of nitrogens with two attached hydrogens (primary N) is 1. The molecule has 0 fully saturated rings. The molecule has 2 aromatic rings. The van der Waals surface area contributed by atoms with Gasteiger partial charge in [-0.25, -0.2) is 0 Å². The lowest BCUT2D eigenvalue weighted by atomic mass is 10.3. The van der Waals surface area contributed by atoms with Gasteiger partial charge in [0.05, 0.1) is 9.90 Å². The molecule has 2 heterocycles. The molecule has 14 heavy (non-hydrogen) atoms. The normalized spacial score (nSPS) is 10.3. The lowest BCUT2D eigenvalue weighted by molar-refractivity contribution is 1.18. The summed E-state index contributed by atoms with van der Waals surface area (Å²) in [5, 5.41) is 2.08. The van der Waals surface area contributed by atoms with Crippen molar-refractivity contribution in [1.82, 2.24) is 4.98 Å². The molecule has 2 aromatic heterocycles. The zero-order valence-electron chi connectivity index (χ0n) is 7.51. The van der Waals surface area contributed by atoms with Gasteiger partial charge in [0, 0.05) is 17.6 Å². The molecule has 0 bridgehead atoms. The van der Waals surface area contributed by atoms with Gasteiger partial charge in [-0.15, -0.1) is 23.1 Å². The van der Waals surface area contributed by atoms with Gasteiger partial charge < -0.3 is 5.73 Å². The molecule has 0 amide bonds. The Morgan fingerprint density at radius 2 is 2.36 bits per heavy atom. The molecule has 2 nitrogen and oxygen atoms in total. The molecule has 0 atom stereocenters. The summed E-state index contributed by atoms with van der Waals surface area (Å²) in [6.07, 6.45) is 1.75. The van der Waals surface area contributed by atoms with Gasteiger partial charge in [-0.2, -0.15) is 0 Å². The number of anilines is 1. The second-order valence-electron chi connectivity index (χ2n) is 2.80. The minimum absolute atomic E-state index is 0.779. The molecule has 2 rings (SSSR count). The van der Waals surface area contributed by atoms with E-state index in [1.165, 1.54) is 4.21 Å². The molecule has 0 spiro atoms. The third-order valence-electron chi connectivity index (χ3n) is 1.70. The highest BCUT2D eigenvalue weighted by Crippen LogP contribution is 2.26. The summed E-state index contributed by atoms with van der Waals surface area (Å²) in [5.74, 6) is 0.881. The summed E-state index contributed by atoms with van der Waals surface area (Å²) in [6, 6.07) is 7.89. The molecular weight excluding hydrogens is 212 g/mol. The molecule has 0 aliphatic rings. The maximum Gasteiger partial charge on any atom is 0.0602 e. The molecule has 0 radical (unpaired) electrons. The quantitative estimate of drug-likeness (QED) is 0.811. The number of rotatable bonds is 3.